The molecular weight excluding hydrogens is 368 g/mol. The fourth-order valence-corrected chi connectivity index (χ4v) is 3.74. The van der Waals surface area contributed by atoms with Gasteiger partial charge < -0.3 is 20.3 Å². The van der Waals surface area contributed by atoms with E-state index >= 15 is 0 Å². The van der Waals surface area contributed by atoms with Crippen LogP contribution in [0.1, 0.15) is 30.3 Å². The minimum absolute atomic E-state index is 0.0754. The number of phenols is 1. The molecule has 1 aliphatic rings. The van der Waals surface area contributed by atoms with E-state index in [0.717, 1.165) is 16.6 Å². The fraction of sp³-hybridized carbons (Fsp3) is 0.318. The molecule has 3 N–H and O–H groups in total. The third kappa shape index (κ3) is 4.23. The van der Waals surface area contributed by atoms with Crippen molar-refractivity contribution >= 4 is 22.8 Å². The van der Waals surface area contributed by atoms with Crippen LogP contribution in [0.3, 0.4) is 0 Å². The molecule has 1 saturated heterocycles. The van der Waals surface area contributed by atoms with Gasteiger partial charge in [-0.1, -0.05) is 24.3 Å². The smallest absolute Gasteiger partial charge is 0.225 e. The topological polar surface area (TPSA) is 98.3 Å². The van der Waals surface area contributed by atoms with Crippen molar-refractivity contribution in [3.8, 4) is 5.75 Å². The number of phenolic OH excluding ortho intramolecular Hbond substituents is 1. The highest BCUT2D eigenvalue weighted by molar-refractivity contribution is 5.84. The number of para-hydroxylation sites is 2. The second-order valence-electron chi connectivity index (χ2n) is 7.58. The van der Waals surface area contributed by atoms with E-state index in [2.05, 4.69) is 15.3 Å². The van der Waals surface area contributed by atoms with Gasteiger partial charge in [0.1, 0.15) is 11.6 Å². The summed E-state index contributed by atoms with van der Waals surface area (Å²) in [6, 6.07) is 14.3. The van der Waals surface area contributed by atoms with E-state index in [9.17, 15) is 14.7 Å². The van der Waals surface area contributed by atoms with Crippen molar-refractivity contribution in [1.29, 1.82) is 0 Å². The summed E-state index contributed by atoms with van der Waals surface area (Å²) in [6.07, 6.45) is 1.48. The molecule has 7 heteroatoms. The first-order valence-electron chi connectivity index (χ1n) is 9.76. The third-order valence-electron chi connectivity index (χ3n) is 5.43. The van der Waals surface area contributed by atoms with E-state index < -0.39 is 0 Å². The second kappa shape index (κ2) is 7.95. The number of fused-ring (bicyclic) bond motifs is 1. The Hall–Kier alpha value is -3.35. The zero-order chi connectivity index (χ0) is 20.4. The first-order valence-corrected chi connectivity index (χ1v) is 9.76. The van der Waals surface area contributed by atoms with Crippen molar-refractivity contribution in [2.75, 3.05) is 13.6 Å². The third-order valence-corrected chi connectivity index (χ3v) is 5.43. The molecule has 1 fully saturated rings. The maximum atomic E-state index is 13.0. The van der Waals surface area contributed by atoms with Crippen LogP contribution in [0, 0.1) is 5.92 Å². The maximum Gasteiger partial charge on any atom is 0.225 e. The molecule has 7 nitrogen and oxygen atoms in total. The van der Waals surface area contributed by atoms with Gasteiger partial charge in [0.15, 0.2) is 0 Å². The summed E-state index contributed by atoms with van der Waals surface area (Å²) in [5.41, 5.74) is 2.73. The number of likely N-dealkylation sites (tertiary alicyclic amines) is 1. The zero-order valence-corrected chi connectivity index (χ0v) is 16.3. The van der Waals surface area contributed by atoms with E-state index in [4.69, 9.17) is 0 Å². The number of aromatic amines is 1. The van der Waals surface area contributed by atoms with Gasteiger partial charge >= 0.3 is 0 Å². The highest BCUT2D eigenvalue weighted by atomic mass is 16.3. The number of imidazole rings is 1. The predicted molar refractivity (Wildman–Crippen MR) is 109 cm³/mol. The fourth-order valence-electron chi connectivity index (χ4n) is 3.74. The Morgan fingerprint density at radius 2 is 2.03 bits per heavy atom. The number of rotatable bonds is 5. The number of aromatic hydroxyl groups is 1. The largest absolute Gasteiger partial charge is 0.508 e. The zero-order valence-electron chi connectivity index (χ0n) is 16.3. The van der Waals surface area contributed by atoms with Gasteiger partial charge in [-0.2, -0.15) is 0 Å². The van der Waals surface area contributed by atoms with Crippen LogP contribution in [-0.4, -0.2) is 45.4 Å². The Bertz CT molecular complexity index is 995. The second-order valence-corrected chi connectivity index (χ2v) is 7.58. The van der Waals surface area contributed by atoms with E-state index in [-0.39, 0.29) is 29.5 Å². The van der Waals surface area contributed by atoms with Crippen molar-refractivity contribution in [3.05, 3.63) is 59.9 Å². The standard InChI is InChI=1S/C22H24N4O3/c1-26-13-15(8-11-20(26)28)22(29)25-19(12-14-6-9-16(27)10-7-14)21-23-17-4-2-3-5-18(17)24-21/h2-7,9-10,15,19,27H,8,11-13H2,1H3,(H,23,24)(H,25,29). The molecule has 1 aromatic heterocycles. The van der Waals surface area contributed by atoms with E-state index in [1.807, 2.05) is 36.4 Å². The Morgan fingerprint density at radius 3 is 2.76 bits per heavy atom. The lowest BCUT2D eigenvalue weighted by molar-refractivity contribution is -0.137. The maximum absolute atomic E-state index is 13.0. The van der Waals surface area contributed by atoms with Crippen molar-refractivity contribution in [2.24, 2.45) is 5.92 Å². The van der Waals surface area contributed by atoms with Gasteiger partial charge in [0.2, 0.25) is 11.8 Å². The Labute approximate surface area is 168 Å². The number of H-pyrrole nitrogens is 1. The molecule has 2 unspecified atom stereocenters. The summed E-state index contributed by atoms with van der Waals surface area (Å²) in [5.74, 6) is 0.658. The highest BCUT2D eigenvalue weighted by Crippen LogP contribution is 2.23. The Morgan fingerprint density at radius 1 is 1.28 bits per heavy atom. The summed E-state index contributed by atoms with van der Waals surface area (Å²) in [6.45, 7) is 0.427. The number of hydrogen-bond acceptors (Lipinski definition) is 4. The molecule has 0 radical (unpaired) electrons. The van der Waals surface area contributed by atoms with Crippen LogP contribution < -0.4 is 5.32 Å². The molecule has 4 rings (SSSR count). The number of hydrogen-bond donors (Lipinski definition) is 3. The van der Waals surface area contributed by atoms with Crippen LogP contribution in [0.5, 0.6) is 5.75 Å². The SMILES string of the molecule is CN1CC(C(=O)NC(Cc2ccc(O)cc2)c2nc3ccccc3[nH]2)CCC1=O. The number of benzene rings is 2. The number of nitrogens with zero attached hydrogens (tertiary/aromatic N) is 2. The van der Waals surface area contributed by atoms with Gasteiger partial charge in [-0.25, -0.2) is 4.98 Å². The first kappa shape index (κ1) is 19.0. The van der Waals surface area contributed by atoms with E-state index in [1.165, 1.54) is 0 Å². The van der Waals surface area contributed by atoms with Gasteiger partial charge in [0.05, 0.1) is 23.0 Å². The lowest BCUT2D eigenvalue weighted by Gasteiger charge is -2.30. The first-order chi connectivity index (χ1) is 14.0. The van der Waals surface area contributed by atoms with Crippen LogP contribution in [0.15, 0.2) is 48.5 Å². The minimum atomic E-state index is -0.345. The number of nitrogens with one attached hydrogen (secondary N) is 2. The molecular formula is C22H24N4O3. The molecule has 0 saturated carbocycles. The molecule has 3 aromatic rings. The average molecular weight is 392 g/mol. The molecule has 1 aliphatic heterocycles. The van der Waals surface area contributed by atoms with Gasteiger partial charge in [-0.15, -0.1) is 0 Å². The Balaban J connectivity index is 1.58. The lowest BCUT2D eigenvalue weighted by atomic mass is 9.96. The van der Waals surface area contributed by atoms with Crippen molar-refractivity contribution in [2.45, 2.75) is 25.3 Å². The minimum Gasteiger partial charge on any atom is -0.508 e. The molecule has 29 heavy (non-hydrogen) atoms. The summed E-state index contributed by atoms with van der Waals surface area (Å²) in [5, 5.41) is 12.7. The number of carbonyl (C=O) groups excluding carboxylic acids is 2. The number of aromatic nitrogens is 2. The van der Waals surface area contributed by atoms with Gasteiger partial charge in [0.25, 0.3) is 0 Å². The summed E-state index contributed by atoms with van der Waals surface area (Å²) >= 11 is 0. The summed E-state index contributed by atoms with van der Waals surface area (Å²) < 4.78 is 0. The van der Waals surface area contributed by atoms with Crippen molar-refractivity contribution in [3.63, 3.8) is 0 Å². The van der Waals surface area contributed by atoms with Crippen LogP contribution in [-0.2, 0) is 16.0 Å². The average Bonchev–Trinajstić information content (AvgIpc) is 3.15. The molecule has 2 aromatic carbocycles. The Kier molecular flexibility index (Phi) is 5.20. The van der Waals surface area contributed by atoms with Crippen molar-refractivity contribution in [1.82, 2.24) is 20.2 Å². The molecule has 0 aliphatic carbocycles. The molecule has 2 heterocycles. The number of carbonyl (C=O) groups is 2. The predicted octanol–water partition coefficient (Wildman–Crippen LogP) is 2.54. The van der Waals surface area contributed by atoms with Crippen molar-refractivity contribution < 1.29 is 14.7 Å². The molecule has 0 bridgehead atoms. The number of amides is 2. The highest BCUT2D eigenvalue weighted by Gasteiger charge is 2.30. The molecule has 0 spiro atoms. The molecule has 2 amide bonds. The van der Waals surface area contributed by atoms with E-state index in [1.54, 1.807) is 24.1 Å². The number of piperidine rings is 1. The van der Waals surface area contributed by atoms with Gasteiger partial charge in [-0.05, 0) is 42.7 Å². The van der Waals surface area contributed by atoms with Crippen LogP contribution in [0.25, 0.3) is 11.0 Å². The van der Waals surface area contributed by atoms with Crippen LogP contribution in [0.2, 0.25) is 0 Å². The normalized spacial score (nSPS) is 18.0. The molecule has 150 valence electrons. The van der Waals surface area contributed by atoms with Gasteiger partial charge in [0, 0.05) is 20.0 Å². The van der Waals surface area contributed by atoms with Gasteiger partial charge in [-0.3, -0.25) is 9.59 Å². The summed E-state index contributed by atoms with van der Waals surface area (Å²) in [7, 11) is 1.73. The molecule has 2 atom stereocenters. The lowest BCUT2D eigenvalue weighted by Crippen LogP contribution is -2.45. The summed E-state index contributed by atoms with van der Waals surface area (Å²) in [4.78, 5) is 34.3. The van der Waals surface area contributed by atoms with Crippen LogP contribution in [0.4, 0.5) is 0 Å². The quantitative estimate of drug-likeness (QED) is 0.621. The van der Waals surface area contributed by atoms with E-state index in [0.29, 0.717) is 31.6 Å². The monoisotopic (exact) mass is 392 g/mol. The van der Waals surface area contributed by atoms with Crippen LogP contribution >= 0.6 is 0 Å².